The van der Waals surface area contributed by atoms with Gasteiger partial charge in [-0.1, -0.05) is 0 Å². The summed E-state index contributed by atoms with van der Waals surface area (Å²) in [5, 5.41) is 3.39. The van der Waals surface area contributed by atoms with Crippen LogP contribution in [0.5, 0.6) is 0 Å². The number of hydrogen-bond donors (Lipinski definition) is 1. The van der Waals surface area contributed by atoms with E-state index in [-0.39, 0.29) is 0 Å². The van der Waals surface area contributed by atoms with E-state index in [9.17, 15) is 0 Å². The molecule has 3 rings (SSSR count). The highest BCUT2D eigenvalue weighted by Crippen LogP contribution is 2.24. The fourth-order valence-electron chi connectivity index (χ4n) is 2.74. The second kappa shape index (κ2) is 4.82. The Morgan fingerprint density at radius 1 is 1.11 bits per heavy atom. The van der Waals surface area contributed by atoms with Crippen molar-refractivity contribution in [1.82, 2.24) is 20.2 Å². The van der Waals surface area contributed by atoms with E-state index < -0.39 is 0 Å². The van der Waals surface area contributed by atoms with Crippen LogP contribution in [-0.4, -0.2) is 54.6 Å². The summed E-state index contributed by atoms with van der Waals surface area (Å²) in [5.41, 5.74) is 2.56. The van der Waals surface area contributed by atoms with E-state index in [4.69, 9.17) is 4.98 Å². The van der Waals surface area contributed by atoms with Crippen molar-refractivity contribution >= 4 is 5.82 Å². The molecule has 0 radical (unpaired) electrons. The van der Waals surface area contributed by atoms with Crippen molar-refractivity contribution in [3.63, 3.8) is 0 Å². The minimum atomic E-state index is 0.888. The van der Waals surface area contributed by atoms with Crippen LogP contribution in [0.1, 0.15) is 17.1 Å². The van der Waals surface area contributed by atoms with E-state index in [1.165, 1.54) is 17.1 Å². The van der Waals surface area contributed by atoms with E-state index in [2.05, 4.69) is 27.1 Å². The molecule has 1 saturated heterocycles. The molecule has 1 N–H and O–H groups in total. The topological polar surface area (TPSA) is 44.3 Å². The molecule has 5 heteroatoms. The molecule has 5 nitrogen and oxygen atoms in total. The summed E-state index contributed by atoms with van der Waals surface area (Å²) in [6.07, 6.45) is 1.05. The molecule has 0 bridgehead atoms. The zero-order chi connectivity index (χ0) is 12.5. The lowest BCUT2D eigenvalue weighted by molar-refractivity contribution is 0.311. The van der Waals surface area contributed by atoms with Crippen LogP contribution >= 0.6 is 0 Å². The SMILES string of the molecule is Cc1nc2c(c(N3CCN(C)CC3)n1)CCNC2. The van der Waals surface area contributed by atoms with Crippen LogP contribution in [0.15, 0.2) is 0 Å². The Labute approximate surface area is 108 Å². The molecular formula is C13H21N5. The van der Waals surface area contributed by atoms with Crippen LogP contribution < -0.4 is 10.2 Å². The summed E-state index contributed by atoms with van der Waals surface area (Å²) in [7, 11) is 2.18. The predicted molar refractivity (Wildman–Crippen MR) is 71.9 cm³/mol. The van der Waals surface area contributed by atoms with Crippen molar-refractivity contribution in [2.45, 2.75) is 19.9 Å². The van der Waals surface area contributed by atoms with Crippen LogP contribution in [-0.2, 0) is 13.0 Å². The molecule has 1 fully saturated rings. The van der Waals surface area contributed by atoms with E-state index >= 15 is 0 Å². The number of piperazine rings is 1. The lowest BCUT2D eigenvalue weighted by atomic mass is 10.1. The number of hydrogen-bond acceptors (Lipinski definition) is 5. The van der Waals surface area contributed by atoms with Crippen LogP contribution in [0.25, 0.3) is 0 Å². The minimum absolute atomic E-state index is 0.888. The smallest absolute Gasteiger partial charge is 0.135 e. The molecule has 0 amide bonds. The first-order chi connectivity index (χ1) is 8.74. The van der Waals surface area contributed by atoms with E-state index in [1.54, 1.807) is 0 Å². The van der Waals surface area contributed by atoms with Crippen molar-refractivity contribution in [1.29, 1.82) is 0 Å². The Kier molecular flexibility index (Phi) is 3.18. The van der Waals surface area contributed by atoms with Crippen LogP contribution in [0.3, 0.4) is 0 Å². The Morgan fingerprint density at radius 2 is 1.89 bits per heavy atom. The lowest BCUT2D eigenvalue weighted by Gasteiger charge is -2.35. The monoisotopic (exact) mass is 247 g/mol. The Morgan fingerprint density at radius 3 is 2.67 bits per heavy atom. The highest BCUT2D eigenvalue weighted by Gasteiger charge is 2.22. The molecule has 0 aromatic carbocycles. The van der Waals surface area contributed by atoms with Gasteiger partial charge in [-0.3, -0.25) is 0 Å². The Bertz CT molecular complexity index is 437. The van der Waals surface area contributed by atoms with Gasteiger partial charge in [0.05, 0.1) is 5.69 Å². The molecule has 1 aromatic heterocycles. The van der Waals surface area contributed by atoms with Gasteiger partial charge in [-0.25, -0.2) is 9.97 Å². The summed E-state index contributed by atoms with van der Waals surface area (Å²) in [6, 6.07) is 0. The zero-order valence-electron chi connectivity index (χ0n) is 11.2. The molecule has 0 unspecified atom stereocenters. The quantitative estimate of drug-likeness (QED) is 0.767. The van der Waals surface area contributed by atoms with Gasteiger partial charge in [0.15, 0.2) is 0 Å². The number of likely N-dealkylation sites (N-methyl/N-ethyl adjacent to an activating group) is 1. The van der Waals surface area contributed by atoms with Gasteiger partial charge in [0.1, 0.15) is 11.6 Å². The summed E-state index contributed by atoms with van der Waals surface area (Å²) >= 11 is 0. The van der Waals surface area contributed by atoms with E-state index in [1.807, 2.05) is 6.92 Å². The molecule has 0 spiro atoms. The Hall–Kier alpha value is -1.20. The molecule has 3 heterocycles. The van der Waals surface area contributed by atoms with Gasteiger partial charge < -0.3 is 15.1 Å². The maximum absolute atomic E-state index is 4.70. The van der Waals surface area contributed by atoms with Gasteiger partial charge in [-0.2, -0.15) is 0 Å². The standard InChI is InChI=1S/C13H21N5/c1-10-15-12-9-14-4-3-11(12)13(16-10)18-7-5-17(2)6-8-18/h14H,3-9H2,1-2H3. The summed E-state index contributed by atoms with van der Waals surface area (Å²) in [4.78, 5) is 14.1. The second-order valence-corrected chi connectivity index (χ2v) is 5.24. The number of anilines is 1. The van der Waals surface area contributed by atoms with Gasteiger partial charge in [-0.05, 0) is 26.9 Å². The zero-order valence-corrected chi connectivity index (χ0v) is 11.2. The fraction of sp³-hybridized carbons (Fsp3) is 0.692. The number of nitrogens with zero attached hydrogens (tertiary/aromatic N) is 4. The van der Waals surface area contributed by atoms with Crippen molar-refractivity contribution in [2.24, 2.45) is 0 Å². The molecule has 0 saturated carbocycles. The largest absolute Gasteiger partial charge is 0.354 e. The van der Waals surface area contributed by atoms with Crippen molar-refractivity contribution in [3.05, 3.63) is 17.1 Å². The van der Waals surface area contributed by atoms with Gasteiger partial charge >= 0.3 is 0 Å². The van der Waals surface area contributed by atoms with Gasteiger partial charge in [0.2, 0.25) is 0 Å². The molecule has 98 valence electrons. The molecule has 0 aliphatic carbocycles. The normalized spacial score (nSPS) is 20.9. The van der Waals surface area contributed by atoms with Gasteiger partial charge in [-0.15, -0.1) is 0 Å². The first kappa shape index (κ1) is 11.9. The molecule has 2 aliphatic rings. The second-order valence-electron chi connectivity index (χ2n) is 5.24. The van der Waals surface area contributed by atoms with Crippen molar-refractivity contribution in [3.8, 4) is 0 Å². The van der Waals surface area contributed by atoms with Crippen molar-refractivity contribution < 1.29 is 0 Å². The van der Waals surface area contributed by atoms with Crippen LogP contribution in [0.4, 0.5) is 5.82 Å². The number of nitrogens with one attached hydrogen (secondary N) is 1. The number of aryl methyl sites for hydroxylation is 1. The van der Waals surface area contributed by atoms with Crippen LogP contribution in [0.2, 0.25) is 0 Å². The van der Waals surface area contributed by atoms with E-state index in [0.29, 0.717) is 0 Å². The summed E-state index contributed by atoms with van der Waals surface area (Å²) < 4.78 is 0. The fourth-order valence-corrected chi connectivity index (χ4v) is 2.74. The summed E-state index contributed by atoms with van der Waals surface area (Å²) in [5.74, 6) is 2.08. The third kappa shape index (κ3) is 2.20. The Balaban J connectivity index is 1.93. The van der Waals surface area contributed by atoms with Gasteiger partial charge in [0, 0.05) is 38.3 Å². The van der Waals surface area contributed by atoms with Crippen LogP contribution in [0, 0.1) is 6.92 Å². The third-order valence-corrected chi connectivity index (χ3v) is 3.83. The highest BCUT2D eigenvalue weighted by molar-refractivity contribution is 5.50. The van der Waals surface area contributed by atoms with Crippen molar-refractivity contribution in [2.75, 3.05) is 44.7 Å². The first-order valence-corrected chi connectivity index (χ1v) is 6.74. The molecule has 1 aromatic rings. The third-order valence-electron chi connectivity index (χ3n) is 3.83. The minimum Gasteiger partial charge on any atom is -0.354 e. The molecule has 18 heavy (non-hydrogen) atoms. The average molecular weight is 247 g/mol. The highest BCUT2D eigenvalue weighted by atomic mass is 15.3. The number of aromatic nitrogens is 2. The number of rotatable bonds is 1. The maximum Gasteiger partial charge on any atom is 0.135 e. The summed E-state index contributed by atoms with van der Waals surface area (Å²) in [6.45, 7) is 8.32. The van der Waals surface area contributed by atoms with E-state index in [0.717, 1.165) is 51.5 Å². The number of fused-ring (bicyclic) bond motifs is 1. The molecule has 2 aliphatic heterocycles. The lowest BCUT2D eigenvalue weighted by Crippen LogP contribution is -2.45. The first-order valence-electron chi connectivity index (χ1n) is 6.74. The maximum atomic E-state index is 4.70. The molecular weight excluding hydrogens is 226 g/mol. The molecule has 0 atom stereocenters. The predicted octanol–water partition coefficient (Wildman–Crippen LogP) is 0.183. The van der Waals surface area contributed by atoms with Gasteiger partial charge in [0.25, 0.3) is 0 Å². The average Bonchev–Trinajstić information content (AvgIpc) is 2.38.